The predicted octanol–water partition coefficient (Wildman–Crippen LogP) is 5.46. The Balaban J connectivity index is 1.44. The minimum absolute atomic E-state index is 0.0260. The van der Waals surface area contributed by atoms with Crippen molar-refractivity contribution in [2.45, 2.75) is 52.8 Å². The summed E-state index contributed by atoms with van der Waals surface area (Å²) in [5, 5.41) is 2.94. The Labute approximate surface area is 187 Å². The van der Waals surface area contributed by atoms with Crippen LogP contribution in [0.25, 0.3) is 0 Å². The van der Waals surface area contributed by atoms with Crippen LogP contribution >= 0.6 is 11.3 Å². The van der Waals surface area contributed by atoms with Crippen molar-refractivity contribution >= 4 is 17.2 Å². The molecule has 0 N–H and O–H groups in total. The smallest absolute Gasteiger partial charge is 0.254 e. The topological polar surface area (TPSA) is 51.7 Å². The summed E-state index contributed by atoms with van der Waals surface area (Å²) in [4.78, 5) is 19.8. The number of aryl methyl sites for hydroxylation is 2. The number of rotatable bonds is 8. The molecule has 162 valence electrons. The van der Waals surface area contributed by atoms with Gasteiger partial charge in [-0.3, -0.25) is 4.79 Å². The fraction of sp³-hybridized carbons (Fsp3) is 0.360. The molecular weight excluding hydrogens is 408 g/mol. The van der Waals surface area contributed by atoms with E-state index in [1.165, 1.54) is 11.1 Å². The zero-order valence-corrected chi connectivity index (χ0v) is 19.3. The molecule has 6 heteroatoms. The number of hydrogen-bond acceptors (Lipinski definition) is 5. The molecule has 0 spiro atoms. The van der Waals surface area contributed by atoms with E-state index in [-0.39, 0.29) is 11.9 Å². The second-order valence-corrected chi connectivity index (χ2v) is 9.07. The van der Waals surface area contributed by atoms with E-state index in [1.807, 2.05) is 28.5 Å². The van der Waals surface area contributed by atoms with Crippen LogP contribution in [0.3, 0.4) is 0 Å². The summed E-state index contributed by atoms with van der Waals surface area (Å²) in [5.41, 5.74) is 5.13. The molecule has 3 aromatic rings. The van der Waals surface area contributed by atoms with Gasteiger partial charge in [0.2, 0.25) is 0 Å². The number of methoxy groups -OCH3 is 1. The third-order valence-electron chi connectivity index (χ3n) is 5.61. The van der Waals surface area contributed by atoms with Crippen LogP contribution in [0.1, 0.15) is 50.6 Å². The van der Waals surface area contributed by atoms with E-state index in [1.54, 1.807) is 24.5 Å². The molecule has 0 bridgehead atoms. The van der Waals surface area contributed by atoms with Gasteiger partial charge in [0.1, 0.15) is 23.1 Å². The Morgan fingerprint density at radius 2 is 2.00 bits per heavy atom. The first-order valence-electron chi connectivity index (χ1n) is 10.5. The molecule has 1 fully saturated rings. The fourth-order valence-corrected chi connectivity index (χ4v) is 4.32. The molecule has 1 aliphatic carbocycles. The van der Waals surface area contributed by atoms with Crippen molar-refractivity contribution < 1.29 is 14.3 Å². The van der Waals surface area contributed by atoms with E-state index in [9.17, 15) is 4.79 Å². The summed E-state index contributed by atoms with van der Waals surface area (Å²) < 4.78 is 11.3. The summed E-state index contributed by atoms with van der Waals surface area (Å²) >= 11 is 1.58. The number of nitrogens with zero attached hydrogens (tertiary/aromatic N) is 2. The predicted molar refractivity (Wildman–Crippen MR) is 123 cm³/mol. The second-order valence-electron chi connectivity index (χ2n) is 8.12. The van der Waals surface area contributed by atoms with Gasteiger partial charge >= 0.3 is 0 Å². The molecule has 2 aromatic carbocycles. The lowest BCUT2D eigenvalue weighted by Crippen LogP contribution is -2.32. The number of amides is 1. The molecule has 4 rings (SSSR count). The number of thiazole rings is 1. The summed E-state index contributed by atoms with van der Waals surface area (Å²) in [5.74, 6) is 1.62. The van der Waals surface area contributed by atoms with E-state index >= 15 is 0 Å². The monoisotopic (exact) mass is 436 g/mol. The van der Waals surface area contributed by atoms with Gasteiger partial charge in [0.25, 0.3) is 5.91 Å². The first-order valence-corrected chi connectivity index (χ1v) is 11.4. The van der Waals surface area contributed by atoms with E-state index in [0.29, 0.717) is 24.5 Å². The molecule has 0 aliphatic heterocycles. The van der Waals surface area contributed by atoms with Gasteiger partial charge in [-0.2, -0.15) is 0 Å². The van der Waals surface area contributed by atoms with Gasteiger partial charge in [-0.15, -0.1) is 11.3 Å². The number of ether oxygens (including phenoxy) is 2. The Morgan fingerprint density at radius 3 is 2.74 bits per heavy atom. The molecule has 0 unspecified atom stereocenters. The minimum atomic E-state index is 0.0260. The SMILES string of the molecule is COc1cccc(C(=O)N(Cc2csc(COc3cc(C)cc(C)c3C)n2)C2CC2)c1. The van der Waals surface area contributed by atoms with Gasteiger partial charge < -0.3 is 14.4 Å². The number of hydrogen-bond donors (Lipinski definition) is 0. The fourth-order valence-electron chi connectivity index (χ4n) is 3.63. The maximum atomic E-state index is 13.1. The van der Waals surface area contributed by atoms with Crippen molar-refractivity contribution in [3.8, 4) is 11.5 Å². The van der Waals surface area contributed by atoms with Crippen molar-refractivity contribution in [2.24, 2.45) is 0 Å². The van der Waals surface area contributed by atoms with E-state index in [4.69, 9.17) is 14.5 Å². The standard InChI is InChI=1S/C25H28N2O3S/c1-16-10-17(2)18(3)23(11-16)30-14-24-26-20(15-31-24)13-27(21-8-9-21)25(28)19-6-5-7-22(12-19)29-4/h5-7,10-12,15,21H,8-9,13-14H2,1-4H3. The van der Waals surface area contributed by atoms with Gasteiger partial charge in [-0.1, -0.05) is 12.1 Å². The Kier molecular flexibility index (Phi) is 6.28. The van der Waals surface area contributed by atoms with Gasteiger partial charge in [0.15, 0.2) is 0 Å². The summed E-state index contributed by atoms with van der Waals surface area (Å²) in [6.07, 6.45) is 2.09. The summed E-state index contributed by atoms with van der Waals surface area (Å²) in [6.45, 7) is 7.20. The van der Waals surface area contributed by atoms with Crippen molar-refractivity contribution in [2.75, 3.05) is 7.11 Å². The zero-order valence-electron chi connectivity index (χ0n) is 18.5. The molecular formula is C25H28N2O3S. The molecule has 5 nitrogen and oxygen atoms in total. The molecule has 0 radical (unpaired) electrons. The lowest BCUT2D eigenvalue weighted by atomic mass is 10.1. The first kappa shape index (κ1) is 21.4. The van der Waals surface area contributed by atoms with Crippen molar-refractivity contribution in [3.63, 3.8) is 0 Å². The van der Waals surface area contributed by atoms with E-state index in [2.05, 4.69) is 32.9 Å². The van der Waals surface area contributed by atoms with Gasteiger partial charge in [0, 0.05) is 17.0 Å². The highest BCUT2D eigenvalue weighted by molar-refractivity contribution is 7.09. The highest BCUT2D eigenvalue weighted by Gasteiger charge is 2.33. The van der Waals surface area contributed by atoms with Crippen LogP contribution in [0, 0.1) is 20.8 Å². The maximum absolute atomic E-state index is 13.1. The number of carbonyl (C=O) groups excluding carboxylic acids is 1. The quantitative estimate of drug-likeness (QED) is 0.470. The highest BCUT2D eigenvalue weighted by atomic mass is 32.1. The van der Waals surface area contributed by atoms with Crippen molar-refractivity contribution in [1.29, 1.82) is 0 Å². The third kappa shape index (κ3) is 5.07. The number of benzene rings is 2. The largest absolute Gasteiger partial charge is 0.497 e. The van der Waals surface area contributed by atoms with Crippen LogP contribution in [0.4, 0.5) is 0 Å². The second kappa shape index (κ2) is 9.10. The molecule has 1 aliphatic rings. The normalized spacial score (nSPS) is 13.2. The van der Waals surface area contributed by atoms with Crippen LogP contribution in [-0.4, -0.2) is 28.9 Å². The molecule has 1 saturated carbocycles. The zero-order chi connectivity index (χ0) is 22.0. The van der Waals surface area contributed by atoms with Crippen LogP contribution < -0.4 is 9.47 Å². The first-order chi connectivity index (χ1) is 14.9. The van der Waals surface area contributed by atoms with E-state index < -0.39 is 0 Å². The average Bonchev–Trinajstić information content (AvgIpc) is 3.51. The van der Waals surface area contributed by atoms with E-state index in [0.717, 1.165) is 34.9 Å². The Bertz CT molecular complexity index is 1090. The van der Waals surface area contributed by atoms with Crippen LogP contribution in [0.5, 0.6) is 11.5 Å². The Hall–Kier alpha value is -2.86. The molecule has 1 aromatic heterocycles. The lowest BCUT2D eigenvalue weighted by molar-refractivity contribution is 0.0727. The third-order valence-corrected chi connectivity index (χ3v) is 6.48. The number of aromatic nitrogens is 1. The lowest BCUT2D eigenvalue weighted by Gasteiger charge is -2.21. The number of carbonyl (C=O) groups is 1. The average molecular weight is 437 g/mol. The van der Waals surface area contributed by atoms with Crippen molar-refractivity contribution in [3.05, 3.63) is 74.7 Å². The maximum Gasteiger partial charge on any atom is 0.254 e. The van der Waals surface area contributed by atoms with Crippen LogP contribution in [0.15, 0.2) is 41.8 Å². The minimum Gasteiger partial charge on any atom is -0.497 e. The van der Waals surface area contributed by atoms with Crippen LogP contribution in [0.2, 0.25) is 0 Å². The summed E-state index contributed by atoms with van der Waals surface area (Å²) in [7, 11) is 1.61. The molecule has 1 amide bonds. The molecule has 31 heavy (non-hydrogen) atoms. The molecule has 0 saturated heterocycles. The molecule has 0 atom stereocenters. The Morgan fingerprint density at radius 1 is 1.19 bits per heavy atom. The highest BCUT2D eigenvalue weighted by Crippen LogP contribution is 2.31. The van der Waals surface area contributed by atoms with Gasteiger partial charge in [0.05, 0.1) is 19.3 Å². The van der Waals surface area contributed by atoms with Gasteiger partial charge in [-0.25, -0.2) is 4.98 Å². The molecule has 1 heterocycles. The van der Waals surface area contributed by atoms with Crippen LogP contribution in [-0.2, 0) is 13.2 Å². The summed E-state index contributed by atoms with van der Waals surface area (Å²) in [6, 6.07) is 11.9. The van der Waals surface area contributed by atoms with Gasteiger partial charge in [-0.05, 0) is 74.6 Å². The van der Waals surface area contributed by atoms with Crippen molar-refractivity contribution in [1.82, 2.24) is 9.88 Å².